The topological polar surface area (TPSA) is 54.0 Å². The minimum Gasteiger partial charge on any atom is -0.494 e. The van der Waals surface area contributed by atoms with E-state index >= 15 is 0 Å². The summed E-state index contributed by atoms with van der Waals surface area (Å²) in [5.74, 6) is 1.56. The van der Waals surface area contributed by atoms with E-state index in [4.69, 9.17) is 17.1 Å². The van der Waals surface area contributed by atoms with Crippen molar-refractivity contribution in [2.45, 2.75) is 105 Å². The van der Waals surface area contributed by atoms with E-state index in [9.17, 15) is 4.79 Å². The van der Waals surface area contributed by atoms with Crippen molar-refractivity contribution in [2.75, 3.05) is 6.61 Å². The van der Waals surface area contributed by atoms with Gasteiger partial charge in [0.25, 0.3) is 0 Å². The van der Waals surface area contributed by atoms with E-state index in [1.54, 1.807) is 0 Å². The number of benzene rings is 1. The van der Waals surface area contributed by atoms with Crippen molar-refractivity contribution in [1.82, 2.24) is 0 Å². The molecule has 1 aromatic rings. The lowest BCUT2D eigenvalue weighted by Gasteiger charge is -2.41. The van der Waals surface area contributed by atoms with Crippen LogP contribution in [-0.2, 0) is 17.1 Å². The highest BCUT2D eigenvalue weighted by Gasteiger charge is 2.63. The number of hydrogen-bond acceptors (Lipinski definition) is 5. The van der Waals surface area contributed by atoms with Crippen molar-refractivity contribution < 1.29 is 21.9 Å². The monoisotopic (exact) mass is 592 g/mol. The summed E-state index contributed by atoms with van der Waals surface area (Å²) in [7, 11) is -8.19. The van der Waals surface area contributed by atoms with E-state index in [0.29, 0.717) is 18.3 Å². The first-order chi connectivity index (χ1) is 17.2. The Morgan fingerprint density at radius 1 is 0.868 bits per heavy atom. The highest BCUT2D eigenvalue weighted by molar-refractivity contribution is 6.89. The van der Waals surface area contributed by atoms with E-state index in [1.807, 2.05) is 12.1 Å². The zero-order valence-electron chi connectivity index (χ0n) is 26.0. The zero-order valence-corrected chi connectivity index (χ0v) is 30.0. The first kappa shape index (κ1) is 31.7. The molecule has 1 aromatic carbocycles. The molecule has 2 aliphatic carbocycles. The summed E-state index contributed by atoms with van der Waals surface area (Å²) in [6, 6.07) is 9.04. The Bertz CT molecular complexity index is 1040. The molecule has 3 rings (SSSR count). The maximum Gasteiger partial charge on any atom is 0.315 e. The van der Waals surface area contributed by atoms with Crippen LogP contribution < -0.4 is 4.74 Å². The minimum absolute atomic E-state index is 0.0399. The quantitative estimate of drug-likeness (QED) is 0.139. The molecular weight excluding hydrogens is 541 g/mol. The molecule has 2 aliphatic rings. The van der Waals surface area contributed by atoms with Crippen LogP contribution in [0.1, 0.15) is 45.6 Å². The second kappa shape index (κ2) is 10.9. The molecule has 0 heterocycles. The maximum absolute atomic E-state index is 13.2. The molecule has 2 saturated carbocycles. The van der Waals surface area contributed by atoms with Gasteiger partial charge in [-0.25, -0.2) is 0 Å². The summed E-state index contributed by atoms with van der Waals surface area (Å²) in [6.07, 6.45) is 5.10. The van der Waals surface area contributed by atoms with Gasteiger partial charge in [0.2, 0.25) is 0 Å². The highest BCUT2D eigenvalue weighted by Crippen LogP contribution is 2.65. The van der Waals surface area contributed by atoms with Crippen LogP contribution in [0.25, 0.3) is 6.08 Å². The zero-order chi connectivity index (χ0) is 28.8. The average Bonchev–Trinajstić information content (AvgIpc) is 3.02. The average molecular weight is 593 g/mol. The SMILES string of the molecule is CC12CCC(/C(=C\c3ccc(OCCC[Si](C)(O[Si](C)(C)C)O[Si](C)(C)O[Si](C)(C)C)cc3)C1=O)C2(C)C. The van der Waals surface area contributed by atoms with Crippen LogP contribution in [0, 0.1) is 16.7 Å². The van der Waals surface area contributed by atoms with Gasteiger partial charge in [0.1, 0.15) is 5.75 Å². The Kier molecular flexibility index (Phi) is 9.07. The predicted octanol–water partition coefficient (Wildman–Crippen LogP) is 8.36. The van der Waals surface area contributed by atoms with Crippen LogP contribution >= 0.6 is 0 Å². The third-order valence-corrected chi connectivity index (χ3v) is 21.7. The summed E-state index contributed by atoms with van der Waals surface area (Å²) < 4.78 is 26.1. The lowest BCUT2D eigenvalue weighted by Crippen LogP contribution is -2.56. The fourth-order valence-corrected chi connectivity index (χ4v) is 24.5. The van der Waals surface area contributed by atoms with Gasteiger partial charge in [-0.3, -0.25) is 4.79 Å². The summed E-state index contributed by atoms with van der Waals surface area (Å²) >= 11 is 0. The largest absolute Gasteiger partial charge is 0.494 e. The van der Waals surface area contributed by atoms with E-state index in [-0.39, 0.29) is 10.8 Å². The first-order valence-corrected chi connectivity index (χ1v) is 26.4. The molecule has 0 aromatic heterocycles. The Hall–Kier alpha value is -0.822. The molecule has 9 heteroatoms. The molecular formula is C29H52O5Si4. The molecule has 0 saturated heterocycles. The van der Waals surface area contributed by atoms with Gasteiger partial charge in [0.05, 0.1) is 6.61 Å². The maximum atomic E-state index is 13.2. The van der Waals surface area contributed by atoms with Gasteiger partial charge in [-0.2, -0.15) is 0 Å². The van der Waals surface area contributed by atoms with Crippen molar-refractivity contribution in [3.8, 4) is 5.75 Å². The molecule has 214 valence electrons. The van der Waals surface area contributed by atoms with Crippen molar-refractivity contribution in [3.05, 3.63) is 35.4 Å². The van der Waals surface area contributed by atoms with Crippen LogP contribution in [0.15, 0.2) is 29.8 Å². The molecule has 38 heavy (non-hydrogen) atoms. The van der Waals surface area contributed by atoms with E-state index < -0.39 is 33.8 Å². The van der Waals surface area contributed by atoms with E-state index in [2.05, 4.69) is 97.9 Å². The van der Waals surface area contributed by atoms with Crippen molar-refractivity contribution in [2.24, 2.45) is 16.7 Å². The number of carbonyl (C=O) groups excluding carboxylic acids is 1. The predicted molar refractivity (Wildman–Crippen MR) is 168 cm³/mol. The molecule has 0 aliphatic heterocycles. The number of carbonyl (C=O) groups is 1. The molecule has 2 bridgehead atoms. The van der Waals surface area contributed by atoms with Gasteiger partial charge in [-0.1, -0.05) is 32.9 Å². The van der Waals surface area contributed by atoms with Gasteiger partial charge >= 0.3 is 17.1 Å². The van der Waals surface area contributed by atoms with Crippen LogP contribution in [0.5, 0.6) is 5.75 Å². The number of ketones is 1. The third-order valence-electron chi connectivity index (χ3n) is 8.15. The summed E-state index contributed by atoms with van der Waals surface area (Å²) in [6.45, 7) is 27.2. The summed E-state index contributed by atoms with van der Waals surface area (Å²) in [5, 5.41) is 0. The standard InChI is InChI=1S/C29H52O5Si4/c1-28(2)26-18-19-29(28,3)27(30)25(26)22-23-14-16-24(17-15-23)31-20-13-21-38(12,33-36(7,8)9)34-37(10,11)32-35(4,5)6/h14-17,22,26H,13,18-21H2,1-12H3/b25-22+. The molecule has 0 radical (unpaired) electrons. The fourth-order valence-electron chi connectivity index (χ4n) is 6.57. The second-order valence-electron chi connectivity index (χ2n) is 14.7. The number of ether oxygens (including phenoxy) is 1. The van der Waals surface area contributed by atoms with E-state index in [0.717, 1.165) is 42.2 Å². The number of allylic oxidation sites excluding steroid dienone is 1. The Morgan fingerprint density at radius 3 is 1.95 bits per heavy atom. The van der Waals surface area contributed by atoms with Crippen LogP contribution in [0.4, 0.5) is 0 Å². The number of hydrogen-bond donors (Lipinski definition) is 0. The number of rotatable bonds is 12. The molecule has 3 atom stereocenters. The van der Waals surface area contributed by atoms with E-state index in [1.165, 1.54) is 0 Å². The lowest BCUT2D eigenvalue weighted by atomic mass is 9.70. The normalized spacial score (nSPS) is 26.2. The summed E-state index contributed by atoms with van der Waals surface area (Å²) in [5.41, 5.74) is 1.90. The number of Topliss-reactive ketones (excluding diaryl/α,β-unsaturated/α-hetero) is 1. The third kappa shape index (κ3) is 7.47. The van der Waals surface area contributed by atoms with Crippen molar-refractivity contribution >= 4 is 45.6 Å². The Morgan fingerprint density at radius 2 is 1.45 bits per heavy atom. The molecule has 0 N–H and O–H groups in total. The first-order valence-electron chi connectivity index (χ1n) is 14.3. The van der Waals surface area contributed by atoms with Gasteiger partial charge in [-0.05, 0) is 125 Å². The van der Waals surface area contributed by atoms with Crippen molar-refractivity contribution in [1.29, 1.82) is 0 Å². The van der Waals surface area contributed by atoms with Gasteiger partial charge in [-0.15, -0.1) is 0 Å². The second-order valence-corrected chi connectivity index (χ2v) is 31.1. The molecule has 3 unspecified atom stereocenters. The molecule has 0 spiro atoms. The molecule has 0 amide bonds. The Labute approximate surface area is 236 Å². The van der Waals surface area contributed by atoms with Gasteiger partial charge in [0, 0.05) is 5.41 Å². The van der Waals surface area contributed by atoms with Gasteiger partial charge < -0.3 is 17.1 Å². The summed E-state index contributed by atoms with van der Waals surface area (Å²) in [4.78, 5) is 13.2. The van der Waals surface area contributed by atoms with Crippen LogP contribution in [0.3, 0.4) is 0 Å². The lowest BCUT2D eigenvalue weighted by molar-refractivity contribution is -0.125. The molecule has 5 nitrogen and oxygen atoms in total. The highest BCUT2D eigenvalue weighted by atomic mass is 28.5. The van der Waals surface area contributed by atoms with Crippen LogP contribution in [0.2, 0.25) is 65.0 Å². The minimum atomic E-state index is -2.42. The van der Waals surface area contributed by atoms with Crippen LogP contribution in [-0.4, -0.2) is 46.1 Å². The Balaban J connectivity index is 1.59. The van der Waals surface area contributed by atoms with Gasteiger partial charge in [0.15, 0.2) is 22.4 Å². The molecule has 2 fully saturated rings. The van der Waals surface area contributed by atoms with Crippen molar-refractivity contribution in [3.63, 3.8) is 0 Å². The fraction of sp³-hybridized carbons (Fsp3) is 0.690. The number of fused-ring (bicyclic) bond motifs is 2. The smallest absolute Gasteiger partial charge is 0.315 e.